The zero-order valence-electron chi connectivity index (χ0n) is 14.3. The van der Waals surface area contributed by atoms with Crippen molar-refractivity contribution in [3.8, 4) is 0 Å². The van der Waals surface area contributed by atoms with Gasteiger partial charge in [0.15, 0.2) is 5.78 Å². The molecule has 9 heteroatoms. The Hall–Kier alpha value is -2.68. The number of hydrogen-bond donors (Lipinski definition) is 2. The molecule has 2 aliphatic heterocycles. The lowest BCUT2D eigenvalue weighted by Crippen LogP contribution is -2.44. The summed E-state index contributed by atoms with van der Waals surface area (Å²) in [6.45, 7) is 2.14. The number of benzene rings is 1. The van der Waals surface area contributed by atoms with E-state index in [0.717, 1.165) is 0 Å². The molecule has 26 heavy (non-hydrogen) atoms. The number of carbonyl (C=O) groups is 3. The molecule has 1 aromatic rings. The van der Waals surface area contributed by atoms with Crippen LogP contribution in [0, 0.1) is 5.82 Å². The maximum atomic E-state index is 14.5. The number of nitrogens with zero attached hydrogens (tertiary/aromatic N) is 2. The number of halogens is 1. The number of amides is 2. The SMILES string of the molecule is CC(=O)NCC1CN(c2ccc(N3CCC(=O)C(O)C3)c(F)c2)C(=O)O1. The zero-order chi connectivity index (χ0) is 18.8. The summed E-state index contributed by atoms with van der Waals surface area (Å²) in [4.78, 5) is 37.2. The number of carbonyl (C=O) groups excluding carboxylic acids is 3. The van der Waals surface area contributed by atoms with Crippen molar-refractivity contribution in [1.82, 2.24) is 5.32 Å². The van der Waals surface area contributed by atoms with Crippen molar-refractivity contribution in [2.45, 2.75) is 25.6 Å². The van der Waals surface area contributed by atoms with E-state index in [2.05, 4.69) is 5.32 Å². The number of cyclic esters (lactones) is 1. The monoisotopic (exact) mass is 365 g/mol. The third-order valence-electron chi connectivity index (χ3n) is 4.43. The zero-order valence-corrected chi connectivity index (χ0v) is 14.3. The van der Waals surface area contributed by atoms with E-state index in [1.807, 2.05) is 0 Å². The lowest BCUT2D eigenvalue weighted by atomic mass is 10.1. The fourth-order valence-corrected chi connectivity index (χ4v) is 3.05. The smallest absolute Gasteiger partial charge is 0.414 e. The minimum absolute atomic E-state index is 0.0413. The Balaban J connectivity index is 1.70. The lowest BCUT2D eigenvalue weighted by Gasteiger charge is -2.31. The van der Waals surface area contributed by atoms with Gasteiger partial charge in [0.25, 0.3) is 0 Å². The average molecular weight is 365 g/mol. The van der Waals surface area contributed by atoms with Gasteiger partial charge in [0.2, 0.25) is 5.91 Å². The van der Waals surface area contributed by atoms with Crippen molar-refractivity contribution < 1.29 is 28.6 Å². The highest BCUT2D eigenvalue weighted by Crippen LogP contribution is 2.29. The van der Waals surface area contributed by atoms with Crippen LogP contribution >= 0.6 is 0 Å². The molecule has 0 saturated carbocycles. The number of anilines is 2. The van der Waals surface area contributed by atoms with Crippen LogP contribution in [0.3, 0.4) is 0 Å². The van der Waals surface area contributed by atoms with Crippen LogP contribution in [0.15, 0.2) is 18.2 Å². The van der Waals surface area contributed by atoms with Crippen molar-refractivity contribution >= 4 is 29.2 Å². The highest BCUT2D eigenvalue weighted by atomic mass is 19.1. The molecule has 0 spiro atoms. The summed E-state index contributed by atoms with van der Waals surface area (Å²) in [6, 6.07) is 4.32. The summed E-state index contributed by atoms with van der Waals surface area (Å²) in [5, 5.41) is 12.2. The van der Waals surface area contributed by atoms with E-state index in [0.29, 0.717) is 12.2 Å². The Labute approximate surface area is 149 Å². The molecule has 2 unspecified atom stereocenters. The van der Waals surface area contributed by atoms with Crippen molar-refractivity contribution in [1.29, 1.82) is 0 Å². The molecule has 2 amide bonds. The Kier molecular flexibility index (Phi) is 5.08. The van der Waals surface area contributed by atoms with Crippen LogP contribution in [0.4, 0.5) is 20.6 Å². The lowest BCUT2D eigenvalue weighted by molar-refractivity contribution is -0.127. The fraction of sp³-hybridized carbons (Fsp3) is 0.471. The van der Waals surface area contributed by atoms with E-state index < -0.39 is 24.1 Å². The number of aliphatic hydroxyl groups is 1. The number of ketones is 1. The maximum absolute atomic E-state index is 14.5. The largest absolute Gasteiger partial charge is 0.442 e. The molecule has 0 aromatic heterocycles. The van der Waals surface area contributed by atoms with Gasteiger partial charge in [-0.15, -0.1) is 0 Å². The number of aliphatic hydroxyl groups excluding tert-OH is 1. The number of piperidine rings is 1. The Morgan fingerprint density at radius 2 is 2.15 bits per heavy atom. The van der Waals surface area contributed by atoms with Crippen molar-refractivity contribution in [3.63, 3.8) is 0 Å². The van der Waals surface area contributed by atoms with Gasteiger partial charge in [0.1, 0.15) is 18.0 Å². The van der Waals surface area contributed by atoms with Crippen LogP contribution in [0.25, 0.3) is 0 Å². The van der Waals surface area contributed by atoms with Gasteiger partial charge in [-0.1, -0.05) is 0 Å². The first kappa shape index (κ1) is 18.1. The van der Waals surface area contributed by atoms with Gasteiger partial charge in [0.05, 0.1) is 31.0 Å². The predicted molar refractivity (Wildman–Crippen MR) is 90.5 cm³/mol. The molecular formula is C17H20FN3O5. The van der Waals surface area contributed by atoms with E-state index in [-0.39, 0.29) is 43.4 Å². The number of rotatable bonds is 4. The maximum Gasteiger partial charge on any atom is 0.414 e. The molecule has 8 nitrogen and oxygen atoms in total. The highest BCUT2D eigenvalue weighted by molar-refractivity contribution is 5.90. The second kappa shape index (κ2) is 7.28. The average Bonchev–Trinajstić information content (AvgIpc) is 2.96. The van der Waals surface area contributed by atoms with Gasteiger partial charge in [-0.2, -0.15) is 0 Å². The molecule has 0 radical (unpaired) electrons. The van der Waals surface area contributed by atoms with Gasteiger partial charge in [0, 0.05) is 19.9 Å². The molecular weight excluding hydrogens is 345 g/mol. The first-order valence-electron chi connectivity index (χ1n) is 8.33. The van der Waals surface area contributed by atoms with E-state index >= 15 is 0 Å². The molecule has 2 fully saturated rings. The van der Waals surface area contributed by atoms with E-state index in [1.165, 1.54) is 24.0 Å². The molecule has 0 aliphatic carbocycles. The summed E-state index contributed by atoms with van der Waals surface area (Å²) in [6.07, 6.45) is -2.07. The molecule has 2 saturated heterocycles. The van der Waals surface area contributed by atoms with Crippen molar-refractivity contribution in [2.75, 3.05) is 36.0 Å². The number of nitrogens with one attached hydrogen (secondary N) is 1. The van der Waals surface area contributed by atoms with Crippen LogP contribution in [-0.2, 0) is 14.3 Å². The molecule has 140 valence electrons. The van der Waals surface area contributed by atoms with Crippen LogP contribution in [0.5, 0.6) is 0 Å². The molecule has 2 aliphatic rings. The molecule has 1 aromatic carbocycles. The van der Waals surface area contributed by atoms with Crippen LogP contribution < -0.4 is 15.1 Å². The van der Waals surface area contributed by atoms with Gasteiger partial charge in [-0.3, -0.25) is 14.5 Å². The van der Waals surface area contributed by atoms with E-state index in [1.54, 1.807) is 11.0 Å². The number of Topliss-reactive ketones (excluding diaryl/α,β-unsaturated/α-hetero) is 1. The summed E-state index contributed by atoms with van der Waals surface area (Å²) < 4.78 is 19.7. The van der Waals surface area contributed by atoms with Gasteiger partial charge < -0.3 is 20.1 Å². The summed E-state index contributed by atoms with van der Waals surface area (Å²) in [7, 11) is 0. The number of β-amino-alcohol motifs (C(OH)–C–C–N with tert-alkyl or cyclic N) is 1. The van der Waals surface area contributed by atoms with Crippen molar-refractivity contribution in [3.05, 3.63) is 24.0 Å². The molecule has 2 N–H and O–H groups in total. The molecule has 2 heterocycles. The second-order valence-electron chi connectivity index (χ2n) is 6.37. The van der Waals surface area contributed by atoms with E-state index in [9.17, 15) is 23.9 Å². The number of hydrogen-bond acceptors (Lipinski definition) is 6. The van der Waals surface area contributed by atoms with Gasteiger partial charge >= 0.3 is 6.09 Å². The minimum atomic E-state index is -1.12. The third kappa shape index (κ3) is 3.77. The van der Waals surface area contributed by atoms with Crippen LogP contribution in [0.1, 0.15) is 13.3 Å². The Bertz CT molecular complexity index is 741. The molecule has 0 bridgehead atoms. The first-order valence-corrected chi connectivity index (χ1v) is 8.33. The summed E-state index contributed by atoms with van der Waals surface area (Å²) >= 11 is 0. The van der Waals surface area contributed by atoms with Gasteiger partial charge in [-0.25, -0.2) is 9.18 Å². The van der Waals surface area contributed by atoms with Crippen molar-refractivity contribution in [2.24, 2.45) is 0 Å². The Morgan fingerprint density at radius 1 is 1.38 bits per heavy atom. The highest BCUT2D eigenvalue weighted by Gasteiger charge is 2.33. The topological polar surface area (TPSA) is 99.2 Å². The second-order valence-corrected chi connectivity index (χ2v) is 6.37. The molecule has 2 atom stereocenters. The minimum Gasteiger partial charge on any atom is -0.442 e. The van der Waals surface area contributed by atoms with Crippen LogP contribution in [-0.4, -0.2) is 61.3 Å². The van der Waals surface area contributed by atoms with E-state index in [4.69, 9.17) is 4.74 Å². The van der Waals surface area contributed by atoms with Gasteiger partial charge in [-0.05, 0) is 18.2 Å². The summed E-state index contributed by atoms with van der Waals surface area (Å²) in [5.41, 5.74) is 0.609. The number of ether oxygens (including phenoxy) is 1. The fourth-order valence-electron chi connectivity index (χ4n) is 3.05. The Morgan fingerprint density at radius 3 is 2.81 bits per heavy atom. The quantitative estimate of drug-likeness (QED) is 0.803. The van der Waals surface area contributed by atoms with Crippen LogP contribution in [0.2, 0.25) is 0 Å². The summed E-state index contributed by atoms with van der Waals surface area (Å²) in [5.74, 6) is -1.03. The standard InChI is InChI=1S/C17H20FN3O5/c1-10(22)19-7-12-8-21(17(25)26-12)11-2-3-14(13(18)6-11)20-5-4-15(23)16(24)9-20/h2-3,6,12,16,24H,4-5,7-9H2,1H3,(H,19,22). The normalized spacial score (nSPS) is 23.2. The predicted octanol–water partition coefficient (Wildman–Crippen LogP) is 0.427. The first-order chi connectivity index (χ1) is 12.3. The third-order valence-corrected chi connectivity index (χ3v) is 4.43. The molecule has 3 rings (SSSR count).